The zero-order chi connectivity index (χ0) is 14.3. The fourth-order valence-electron chi connectivity index (χ4n) is 4.88. The van der Waals surface area contributed by atoms with Crippen LogP contribution in [0.2, 0.25) is 0 Å². The average Bonchev–Trinajstić information content (AvgIpc) is 2.33. The molecule has 0 radical (unpaired) electrons. The van der Waals surface area contributed by atoms with Crippen LogP contribution in [-0.2, 0) is 9.59 Å². The minimum Gasteiger partial charge on any atom is -0.392 e. The molecule has 5 nitrogen and oxygen atoms in total. The Morgan fingerprint density at radius 1 is 1.10 bits per heavy atom. The standard InChI is InChI=1S/C15H24N2O3/c1-9(18)8-16-13(19)14(20)17-15-5-10-2-11(6-15)4-12(3-10)7-15/h9-12,18H,2-8H2,1H3,(H,16,19)(H,17,20). The Balaban J connectivity index is 1.60. The van der Waals surface area contributed by atoms with Gasteiger partial charge in [0.15, 0.2) is 0 Å². The number of nitrogens with one attached hydrogen (secondary N) is 2. The van der Waals surface area contributed by atoms with Crippen LogP contribution in [0.15, 0.2) is 0 Å². The van der Waals surface area contributed by atoms with Crippen molar-refractivity contribution >= 4 is 11.8 Å². The van der Waals surface area contributed by atoms with E-state index in [9.17, 15) is 9.59 Å². The van der Waals surface area contributed by atoms with Gasteiger partial charge >= 0.3 is 11.8 Å². The number of carbonyl (C=O) groups is 2. The third-order valence-electron chi connectivity index (χ3n) is 5.18. The smallest absolute Gasteiger partial charge is 0.309 e. The summed E-state index contributed by atoms with van der Waals surface area (Å²) in [5, 5.41) is 14.6. The monoisotopic (exact) mass is 280 g/mol. The van der Waals surface area contributed by atoms with Gasteiger partial charge in [0.05, 0.1) is 6.10 Å². The van der Waals surface area contributed by atoms with Gasteiger partial charge in [-0.1, -0.05) is 0 Å². The third-order valence-corrected chi connectivity index (χ3v) is 5.18. The lowest BCUT2D eigenvalue weighted by molar-refractivity contribution is -0.142. The second-order valence-corrected chi connectivity index (χ2v) is 7.21. The molecule has 0 aromatic carbocycles. The molecule has 3 N–H and O–H groups in total. The molecule has 4 fully saturated rings. The Morgan fingerprint density at radius 2 is 1.60 bits per heavy atom. The maximum atomic E-state index is 12.0. The van der Waals surface area contributed by atoms with Gasteiger partial charge in [0.1, 0.15) is 0 Å². The number of carbonyl (C=O) groups excluding carboxylic acids is 2. The van der Waals surface area contributed by atoms with Crippen LogP contribution in [0.3, 0.4) is 0 Å². The molecular weight excluding hydrogens is 256 g/mol. The van der Waals surface area contributed by atoms with Crippen molar-refractivity contribution in [2.24, 2.45) is 17.8 Å². The first-order valence-electron chi connectivity index (χ1n) is 7.74. The Labute approximate surface area is 119 Å². The summed E-state index contributed by atoms with van der Waals surface area (Å²) in [5.41, 5.74) is -0.131. The molecular formula is C15H24N2O3. The Morgan fingerprint density at radius 3 is 2.05 bits per heavy atom. The molecule has 1 unspecified atom stereocenters. The summed E-state index contributed by atoms with van der Waals surface area (Å²) in [7, 11) is 0. The highest BCUT2D eigenvalue weighted by atomic mass is 16.3. The van der Waals surface area contributed by atoms with Crippen LogP contribution in [0, 0.1) is 17.8 Å². The van der Waals surface area contributed by atoms with Crippen LogP contribution in [0.1, 0.15) is 45.4 Å². The number of aliphatic hydroxyl groups excluding tert-OH is 1. The molecule has 4 bridgehead atoms. The minimum atomic E-state index is -0.633. The topological polar surface area (TPSA) is 78.4 Å². The van der Waals surface area contributed by atoms with Crippen molar-refractivity contribution in [3.8, 4) is 0 Å². The van der Waals surface area contributed by atoms with Gasteiger partial charge in [-0.25, -0.2) is 0 Å². The van der Waals surface area contributed by atoms with Crippen molar-refractivity contribution in [3.63, 3.8) is 0 Å². The predicted molar refractivity (Wildman–Crippen MR) is 73.7 cm³/mol. The van der Waals surface area contributed by atoms with E-state index in [0.29, 0.717) is 0 Å². The zero-order valence-corrected chi connectivity index (χ0v) is 12.0. The van der Waals surface area contributed by atoms with Crippen molar-refractivity contribution in [1.29, 1.82) is 0 Å². The van der Waals surface area contributed by atoms with E-state index in [-0.39, 0.29) is 12.1 Å². The van der Waals surface area contributed by atoms with E-state index in [1.165, 1.54) is 19.3 Å². The molecule has 0 aromatic heterocycles. The molecule has 1 atom stereocenters. The number of hydrogen-bond donors (Lipinski definition) is 3. The second kappa shape index (κ2) is 5.02. The Hall–Kier alpha value is -1.10. The van der Waals surface area contributed by atoms with Gasteiger partial charge < -0.3 is 15.7 Å². The van der Waals surface area contributed by atoms with Crippen LogP contribution < -0.4 is 10.6 Å². The van der Waals surface area contributed by atoms with Gasteiger partial charge in [0, 0.05) is 12.1 Å². The highest BCUT2D eigenvalue weighted by molar-refractivity contribution is 6.35. The molecule has 4 saturated carbocycles. The highest BCUT2D eigenvalue weighted by Gasteiger charge is 2.51. The van der Waals surface area contributed by atoms with E-state index < -0.39 is 17.9 Å². The molecule has 0 saturated heterocycles. The van der Waals surface area contributed by atoms with Gasteiger partial charge in [-0.05, 0) is 63.2 Å². The quantitative estimate of drug-likeness (QED) is 0.661. The van der Waals surface area contributed by atoms with Crippen molar-refractivity contribution in [3.05, 3.63) is 0 Å². The minimum absolute atomic E-state index is 0.118. The maximum Gasteiger partial charge on any atom is 0.309 e. The van der Waals surface area contributed by atoms with E-state index >= 15 is 0 Å². The first kappa shape index (κ1) is 13.9. The van der Waals surface area contributed by atoms with Crippen LogP contribution in [-0.4, -0.2) is 35.1 Å². The van der Waals surface area contributed by atoms with E-state index in [1.807, 2.05) is 0 Å². The molecule has 0 spiro atoms. The normalized spacial score (nSPS) is 39.4. The first-order valence-corrected chi connectivity index (χ1v) is 7.74. The van der Waals surface area contributed by atoms with Gasteiger partial charge in [0.2, 0.25) is 0 Å². The summed E-state index contributed by atoms with van der Waals surface area (Å²) in [5.74, 6) is 1.06. The SMILES string of the molecule is CC(O)CNC(=O)C(=O)NC12CC3CC(CC(C3)C1)C2. The van der Waals surface area contributed by atoms with E-state index in [4.69, 9.17) is 5.11 Å². The fraction of sp³-hybridized carbons (Fsp3) is 0.867. The summed E-state index contributed by atoms with van der Waals surface area (Å²) >= 11 is 0. The number of rotatable bonds is 3. The number of hydrogen-bond acceptors (Lipinski definition) is 3. The van der Waals surface area contributed by atoms with Gasteiger partial charge in [-0.15, -0.1) is 0 Å². The zero-order valence-electron chi connectivity index (χ0n) is 12.0. The summed E-state index contributed by atoms with van der Waals surface area (Å²) in [6.45, 7) is 1.70. The van der Waals surface area contributed by atoms with Crippen LogP contribution in [0.5, 0.6) is 0 Å². The number of amides is 2. The van der Waals surface area contributed by atoms with Crippen LogP contribution in [0.4, 0.5) is 0 Å². The highest BCUT2D eigenvalue weighted by Crippen LogP contribution is 2.55. The van der Waals surface area contributed by atoms with Crippen molar-refractivity contribution in [2.75, 3.05) is 6.54 Å². The Kier molecular flexibility index (Phi) is 3.48. The molecule has 4 aliphatic rings. The molecule has 2 amide bonds. The van der Waals surface area contributed by atoms with Crippen molar-refractivity contribution in [1.82, 2.24) is 10.6 Å². The molecule has 20 heavy (non-hydrogen) atoms. The molecule has 0 aromatic rings. The van der Waals surface area contributed by atoms with E-state index in [2.05, 4.69) is 10.6 Å². The van der Waals surface area contributed by atoms with Gasteiger partial charge in [-0.3, -0.25) is 9.59 Å². The average molecular weight is 280 g/mol. The lowest BCUT2D eigenvalue weighted by Gasteiger charge is -2.56. The van der Waals surface area contributed by atoms with Crippen LogP contribution in [0.25, 0.3) is 0 Å². The van der Waals surface area contributed by atoms with Crippen molar-refractivity contribution in [2.45, 2.75) is 57.1 Å². The van der Waals surface area contributed by atoms with Gasteiger partial charge in [-0.2, -0.15) is 0 Å². The lowest BCUT2D eigenvalue weighted by atomic mass is 9.53. The van der Waals surface area contributed by atoms with E-state index in [0.717, 1.165) is 37.0 Å². The predicted octanol–water partition coefficient (Wildman–Crippen LogP) is 0.568. The summed E-state index contributed by atoms with van der Waals surface area (Å²) in [6.07, 6.45) is 6.40. The molecule has 4 rings (SSSR count). The Bertz CT molecular complexity index is 384. The summed E-state index contributed by atoms with van der Waals surface area (Å²) < 4.78 is 0. The fourth-order valence-corrected chi connectivity index (χ4v) is 4.88. The molecule has 5 heteroatoms. The number of aliphatic hydroxyl groups is 1. The van der Waals surface area contributed by atoms with Crippen LogP contribution >= 0.6 is 0 Å². The molecule has 112 valence electrons. The van der Waals surface area contributed by atoms with E-state index in [1.54, 1.807) is 6.92 Å². The lowest BCUT2D eigenvalue weighted by Crippen LogP contribution is -2.61. The molecule has 4 aliphatic carbocycles. The maximum absolute atomic E-state index is 12.0. The first-order chi connectivity index (χ1) is 9.46. The summed E-state index contributed by atoms with van der Waals surface area (Å²) in [6, 6.07) is 0. The second-order valence-electron chi connectivity index (χ2n) is 7.21. The largest absolute Gasteiger partial charge is 0.392 e. The third kappa shape index (κ3) is 2.68. The van der Waals surface area contributed by atoms with Gasteiger partial charge in [0.25, 0.3) is 0 Å². The summed E-state index contributed by atoms with van der Waals surface area (Å²) in [4.78, 5) is 23.8. The molecule has 0 aliphatic heterocycles. The van der Waals surface area contributed by atoms with Crippen molar-refractivity contribution < 1.29 is 14.7 Å². The molecule has 0 heterocycles.